The SMILES string of the molecule is O=C1CCSc2ccccc2N1Cc1ccc(OC(F)(F)F)cc1. The number of rotatable bonds is 3. The van der Waals surface area contributed by atoms with Gasteiger partial charge in [-0.25, -0.2) is 0 Å². The second kappa shape index (κ2) is 6.76. The first kappa shape index (κ1) is 16.7. The molecule has 0 bridgehead atoms. The van der Waals surface area contributed by atoms with E-state index in [2.05, 4.69) is 4.74 Å². The summed E-state index contributed by atoms with van der Waals surface area (Å²) < 4.78 is 40.5. The predicted molar refractivity (Wildman–Crippen MR) is 86.1 cm³/mol. The summed E-state index contributed by atoms with van der Waals surface area (Å²) in [6.45, 7) is 0.308. The van der Waals surface area contributed by atoms with Crippen molar-refractivity contribution in [2.75, 3.05) is 10.7 Å². The van der Waals surface area contributed by atoms with Crippen LogP contribution in [0.15, 0.2) is 53.4 Å². The maximum atomic E-state index is 12.4. The highest BCUT2D eigenvalue weighted by molar-refractivity contribution is 7.99. The van der Waals surface area contributed by atoms with E-state index in [9.17, 15) is 18.0 Å². The van der Waals surface area contributed by atoms with Gasteiger partial charge in [-0.15, -0.1) is 24.9 Å². The fourth-order valence-corrected chi connectivity index (χ4v) is 3.47. The number of hydrogen-bond acceptors (Lipinski definition) is 3. The van der Waals surface area contributed by atoms with Crippen LogP contribution < -0.4 is 9.64 Å². The molecule has 2 aromatic rings. The van der Waals surface area contributed by atoms with Crippen LogP contribution in [0.25, 0.3) is 0 Å². The van der Waals surface area contributed by atoms with Gasteiger partial charge in [-0.1, -0.05) is 24.3 Å². The highest BCUT2D eigenvalue weighted by Gasteiger charge is 2.31. The topological polar surface area (TPSA) is 29.5 Å². The normalized spacial score (nSPS) is 15.0. The van der Waals surface area contributed by atoms with Crippen molar-refractivity contribution in [2.24, 2.45) is 0 Å². The molecule has 0 saturated heterocycles. The number of amides is 1. The van der Waals surface area contributed by atoms with Crippen LogP contribution in [0.4, 0.5) is 18.9 Å². The summed E-state index contributed by atoms with van der Waals surface area (Å²) in [6, 6.07) is 13.2. The molecule has 0 atom stereocenters. The minimum Gasteiger partial charge on any atom is -0.406 e. The molecule has 1 heterocycles. The molecule has 0 aliphatic carbocycles. The number of halogens is 3. The highest BCUT2D eigenvalue weighted by Crippen LogP contribution is 2.35. The molecule has 24 heavy (non-hydrogen) atoms. The molecule has 0 saturated carbocycles. The third-order valence-electron chi connectivity index (χ3n) is 3.53. The first-order chi connectivity index (χ1) is 11.4. The number of anilines is 1. The van der Waals surface area contributed by atoms with Crippen molar-refractivity contribution in [3.63, 3.8) is 0 Å². The summed E-state index contributed by atoms with van der Waals surface area (Å²) in [5.41, 5.74) is 1.57. The van der Waals surface area contributed by atoms with E-state index in [-0.39, 0.29) is 11.7 Å². The summed E-state index contributed by atoms with van der Waals surface area (Å²) >= 11 is 1.63. The van der Waals surface area contributed by atoms with Crippen LogP contribution >= 0.6 is 11.8 Å². The Labute approximate surface area is 141 Å². The van der Waals surface area contributed by atoms with E-state index >= 15 is 0 Å². The van der Waals surface area contributed by atoms with E-state index in [1.165, 1.54) is 24.3 Å². The van der Waals surface area contributed by atoms with E-state index in [1.807, 2.05) is 24.3 Å². The van der Waals surface area contributed by atoms with E-state index < -0.39 is 6.36 Å². The van der Waals surface area contributed by atoms with Crippen molar-refractivity contribution < 1.29 is 22.7 Å². The number of hydrogen-bond donors (Lipinski definition) is 0. The maximum Gasteiger partial charge on any atom is 0.573 e. The number of alkyl halides is 3. The van der Waals surface area contributed by atoms with Gasteiger partial charge < -0.3 is 9.64 Å². The van der Waals surface area contributed by atoms with E-state index in [1.54, 1.807) is 16.7 Å². The molecule has 0 fully saturated rings. The van der Waals surface area contributed by atoms with Crippen LogP contribution in [-0.2, 0) is 11.3 Å². The molecule has 1 aliphatic rings. The number of carbonyl (C=O) groups excluding carboxylic acids is 1. The van der Waals surface area contributed by atoms with Crippen molar-refractivity contribution in [1.82, 2.24) is 0 Å². The van der Waals surface area contributed by atoms with Gasteiger partial charge in [-0.3, -0.25) is 4.79 Å². The number of ether oxygens (including phenoxy) is 1. The minimum absolute atomic E-state index is 0.00284. The molecule has 0 N–H and O–H groups in total. The van der Waals surface area contributed by atoms with Gasteiger partial charge in [-0.2, -0.15) is 0 Å². The zero-order valence-electron chi connectivity index (χ0n) is 12.5. The second-order valence-corrected chi connectivity index (χ2v) is 6.37. The lowest BCUT2D eigenvalue weighted by Crippen LogP contribution is -2.29. The molecule has 7 heteroatoms. The first-order valence-electron chi connectivity index (χ1n) is 7.29. The fraction of sp³-hybridized carbons (Fsp3) is 0.235. The molecule has 1 amide bonds. The van der Waals surface area contributed by atoms with Crippen LogP contribution in [0.5, 0.6) is 5.75 Å². The summed E-state index contributed by atoms with van der Waals surface area (Å²) in [4.78, 5) is 15.1. The van der Waals surface area contributed by atoms with Gasteiger partial charge in [0, 0.05) is 17.1 Å². The van der Waals surface area contributed by atoms with Gasteiger partial charge >= 0.3 is 6.36 Å². The lowest BCUT2D eigenvalue weighted by atomic mass is 10.1. The Morgan fingerprint density at radius 2 is 1.79 bits per heavy atom. The summed E-state index contributed by atoms with van der Waals surface area (Å²) in [6.07, 6.45) is -4.28. The molecule has 2 aromatic carbocycles. The van der Waals surface area contributed by atoms with E-state index in [4.69, 9.17) is 0 Å². The molecular weight excluding hydrogens is 339 g/mol. The van der Waals surface area contributed by atoms with Gasteiger partial charge in [0.1, 0.15) is 5.75 Å². The predicted octanol–water partition coefficient (Wildman–Crippen LogP) is 4.61. The Balaban J connectivity index is 1.81. The van der Waals surface area contributed by atoms with Crippen molar-refractivity contribution in [2.45, 2.75) is 24.2 Å². The fourth-order valence-electron chi connectivity index (χ4n) is 2.47. The van der Waals surface area contributed by atoms with Crippen molar-refractivity contribution in [1.29, 1.82) is 0 Å². The van der Waals surface area contributed by atoms with Gasteiger partial charge in [0.25, 0.3) is 0 Å². The van der Waals surface area contributed by atoms with Crippen LogP contribution in [0.2, 0.25) is 0 Å². The van der Waals surface area contributed by atoms with E-state index in [0.29, 0.717) is 18.7 Å². The van der Waals surface area contributed by atoms with Gasteiger partial charge in [0.15, 0.2) is 0 Å². The molecule has 3 nitrogen and oxygen atoms in total. The zero-order valence-corrected chi connectivity index (χ0v) is 13.4. The van der Waals surface area contributed by atoms with E-state index in [0.717, 1.165) is 16.1 Å². The monoisotopic (exact) mass is 353 g/mol. The van der Waals surface area contributed by atoms with Crippen molar-refractivity contribution in [3.05, 3.63) is 54.1 Å². The third kappa shape index (κ3) is 4.03. The minimum atomic E-state index is -4.71. The van der Waals surface area contributed by atoms with Gasteiger partial charge in [0.05, 0.1) is 12.2 Å². The Kier molecular flexibility index (Phi) is 4.71. The standard InChI is InChI=1S/C17H14F3NO2S/c18-17(19,20)23-13-7-5-12(6-8-13)11-21-14-3-1-2-4-15(14)24-10-9-16(21)22/h1-8H,9-11H2. The first-order valence-corrected chi connectivity index (χ1v) is 8.28. The summed E-state index contributed by atoms with van der Waals surface area (Å²) in [5.74, 6) is 0.442. The van der Waals surface area contributed by atoms with Crippen LogP contribution in [0, 0.1) is 0 Å². The van der Waals surface area contributed by atoms with Gasteiger partial charge in [0.2, 0.25) is 5.91 Å². The Morgan fingerprint density at radius 1 is 1.08 bits per heavy atom. The highest BCUT2D eigenvalue weighted by atomic mass is 32.2. The number of fused-ring (bicyclic) bond motifs is 1. The van der Waals surface area contributed by atoms with Gasteiger partial charge in [-0.05, 0) is 29.8 Å². The zero-order chi connectivity index (χ0) is 17.2. The Hall–Kier alpha value is -2.15. The molecule has 126 valence electrons. The molecule has 1 aliphatic heterocycles. The largest absolute Gasteiger partial charge is 0.573 e. The number of carbonyl (C=O) groups is 1. The molecule has 0 spiro atoms. The average Bonchev–Trinajstić information content (AvgIpc) is 2.68. The summed E-state index contributed by atoms with van der Waals surface area (Å²) in [5, 5.41) is 0. The Morgan fingerprint density at radius 3 is 2.50 bits per heavy atom. The molecule has 3 rings (SSSR count). The van der Waals surface area contributed by atoms with Crippen molar-refractivity contribution >= 4 is 23.4 Å². The van der Waals surface area contributed by atoms with Crippen LogP contribution in [-0.4, -0.2) is 18.0 Å². The number of benzene rings is 2. The molecular formula is C17H14F3NO2S. The molecule has 0 aromatic heterocycles. The molecule has 0 unspecified atom stereocenters. The third-order valence-corrected chi connectivity index (χ3v) is 4.59. The lowest BCUT2D eigenvalue weighted by molar-refractivity contribution is -0.274. The number of para-hydroxylation sites is 1. The quantitative estimate of drug-likeness (QED) is 0.807. The number of thioether (sulfide) groups is 1. The van der Waals surface area contributed by atoms with Crippen LogP contribution in [0.1, 0.15) is 12.0 Å². The average molecular weight is 353 g/mol. The summed E-state index contributed by atoms with van der Waals surface area (Å²) in [7, 11) is 0. The maximum absolute atomic E-state index is 12.4. The smallest absolute Gasteiger partial charge is 0.406 e. The Bertz CT molecular complexity index is 731. The molecule has 0 radical (unpaired) electrons. The number of nitrogens with zero attached hydrogens (tertiary/aromatic N) is 1. The second-order valence-electron chi connectivity index (χ2n) is 5.24. The van der Waals surface area contributed by atoms with Crippen LogP contribution in [0.3, 0.4) is 0 Å². The van der Waals surface area contributed by atoms with Crippen molar-refractivity contribution in [3.8, 4) is 5.75 Å². The lowest BCUT2D eigenvalue weighted by Gasteiger charge is -2.23.